The summed E-state index contributed by atoms with van der Waals surface area (Å²) in [6.07, 6.45) is 0. The molecule has 0 bridgehead atoms. The monoisotopic (exact) mass is 350 g/mol. The van der Waals surface area contributed by atoms with Gasteiger partial charge in [0.2, 0.25) is 0 Å². The van der Waals surface area contributed by atoms with Crippen LogP contribution in [0.15, 0.2) is 54.6 Å². The van der Waals surface area contributed by atoms with E-state index < -0.39 is 29.7 Å². The largest absolute Gasteiger partial charge is 0.421 e. The number of likely N-dealkylation sites (N-methyl/N-ethyl adjacent to an activating group) is 1. The van der Waals surface area contributed by atoms with Crippen LogP contribution >= 0.6 is 0 Å². The van der Waals surface area contributed by atoms with Crippen LogP contribution in [-0.4, -0.2) is 34.3 Å². The Labute approximate surface area is 151 Å². The maximum absolute atomic E-state index is 13.2. The highest BCUT2D eigenvalue weighted by atomic mass is 16.6. The molecule has 26 heavy (non-hydrogen) atoms. The van der Waals surface area contributed by atoms with Crippen LogP contribution in [0.25, 0.3) is 0 Å². The number of hydrogen-bond donors (Lipinski definition) is 0. The summed E-state index contributed by atoms with van der Waals surface area (Å²) < 4.78 is 5.63. The zero-order valence-electron chi connectivity index (χ0n) is 14.5. The Hall–Kier alpha value is -3.15. The van der Waals surface area contributed by atoms with Gasteiger partial charge in [-0.15, -0.1) is 0 Å². The van der Waals surface area contributed by atoms with E-state index in [4.69, 9.17) is 4.74 Å². The summed E-state index contributed by atoms with van der Waals surface area (Å²) >= 11 is 0. The Kier molecular flexibility index (Phi) is 3.57. The Balaban J connectivity index is 1.93. The van der Waals surface area contributed by atoms with Crippen LogP contribution in [-0.2, 0) is 15.3 Å². The van der Waals surface area contributed by atoms with E-state index in [-0.39, 0.29) is 6.54 Å². The molecule has 1 spiro atoms. The minimum Gasteiger partial charge on any atom is -0.421 e. The first kappa shape index (κ1) is 16.3. The molecule has 2 aromatic rings. The van der Waals surface area contributed by atoms with E-state index in [2.05, 4.69) is 0 Å². The summed E-state index contributed by atoms with van der Waals surface area (Å²) in [7, 11) is 0. The first-order valence-corrected chi connectivity index (χ1v) is 8.55. The van der Waals surface area contributed by atoms with Gasteiger partial charge in [-0.2, -0.15) is 0 Å². The molecule has 6 heteroatoms. The number of ether oxygens (including phenoxy) is 1. The van der Waals surface area contributed by atoms with Gasteiger partial charge < -0.3 is 4.74 Å². The fraction of sp³-hybridized carbons (Fsp3) is 0.250. The van der Waals surface area contributed by atoms with Gasteiger partial charge in [0.1, 0.15) is 0 Å². The summed E-state index contributed by atoms with van der Waals surface area (Å²) in [5, 5.41) is 0. The summed E-state index contributed by atoms with van der Waals surface area (Å²) in [5.41, 5.74) is -0.152. The van der Waals surface area contributed by atoms with Crippen molar-refractivity contribution in [2.24, 2.45) is 0 Å². The van der Waals surface area contributed by atoms with Crippen LogP contribution in [0, 0.1) is 0 Å². The number of benzene rings is 2. The zero-order valence-corrected chi connectivity index (χ0v) is 14.5. The summed E-state index contributed by atoms with van der Waals surface area (Å²) in [5.74, 6) is -1.11. The molecule has 2 aromatic carbocycles. The number of urea groups is 1. The van der Waals surface area contributed by atoms with Gasteiger partial charge in [0.25, 0.3) is 5.72 Å². The second-order valence-corrected chi connectivity index (χ2v) is 6.37. The smallest absolute Gasteiger partial charge is 0.341 e. The van der Waals surface area contributed by atoms with Gasteiger partial charge in [0.15, 0.2) is 0 Å². The highest BCUT2D eigenvalue weighted by Gasteiger charge is 2.66. The second kappa shape index (κ2) is 5.69. The minimum absolute atomic E-state index is 0.205. The quantitative estimate of drug-likeness (QED) is 0.630. The van der Waals surface area contributed by atoms with Crippen molar-refractivity contribution in [1.82, 2.24) is 9.80 Å². The van der Waals surface area contributed by atoms with Crippen LogP contribution in [0.2, 0.25) is 0 Å². The average Bonchev–Trinajstić information content (AvgIpc) is 3.07. The lowest BCUT2D eigenvalue weighted by molar-refractivity contribution is -0.156. The van der Waals surface area contributed by atoms with Gasteiger partial charge >= 0.3 is 17.9 Å². The molecule has 0 aliphatic carbocycles. The molecule has 2 heterocycles. The third-order valence-corrected chi connectivity index (χ3v) is 5.05. The molecule has 132 valence electrons. The third-order valence-electron chi connectivity index (χ3n) is 5.05. The molecule has 2 aliphatic rings. The number of imide groups is 1. The predicted octanol–water partition coefficient (Wildman–Crippen LogP) is 3.06. The van der Waals surface area contributed by atoms with Crippen molar-refractivity contribution in [3.05, 3.63) is 71.3 Å². The normalized spacial score (nSPS) is 22.8. The molecular weight excluding hydrogens is 332 g/mol. The van der Waals surface area contributed by atoms with E-state index in [1.165, 1.54) is 4.90 Å². The number of rotatable bonds is 3. The zero-order chi connectivity index (χ0) is 18.5. The minimum atomic E-state index is -1.74. The Bertz CT molecular complexity index is 911. The molecule has 3 amide bonds. The summed E-state index contributed by atoms with van der Waals surface area (Å²) in [4.78, 5) is 41.3. The number of carbonyl (C=O) groups excluding carboxylic acids is 3. The number of esters is 1. The van der Waals surface area contributed by atoms with E-state index in [0.717, 1.165) is 10.5 Å². The molecule has 4 rings (SSSR count). The highest BCUT2D eigenvalue weighted by Crippen LogP contribution is 2.48. The lowest BCUT2D eigenvalue weighted by Crippen LogP contribution is -2.48. The van der Waals surface area contributed by atoms with Crippen molar-refractivity contribution in [2.75, 3.05) is 6.54 Å². The fourth-order valence-corrected chi connectivity index (χ4v) is 3.77. The maximum Gasteiger partial charge on any atom is 0.341 e. The molecule has 6 nitrogen and oxygen atoms in total. The second-order valence-electron chi connectivity index (χ2n) is 6.37. The summed E-state index contributed by atoms with van der Waals surface area (Å²) in [6, 6.07) is 15.2. The Morgan fingerprint density at radius 2 is 1.65 bits per heavy atom. The Morgan fingerprint density at radius 1 is 1.00 bits per heavy atom. The fourth-order valence-electron chi connectivity index (χ4n) is 3.77. The molecule has 0 aromatic heterocycles. The highest BCUT2D eigenvalue weighted by molar-refractivity contribution is 6.11. The number of nitrogens with zero attached hydrogens (tertiary/aromatic N) is 2. The van der Waals surface area contributed by atoms with Crippen LogP contribution in [0.3, 0.4) is 0 Å². The van der Waals surface area contributed by atoms with E-state index in [9.17, 15) is 14.4 Å². The van der Waals surface area contributed by atoms with Gasteiger partial charge in [-0.25, -0.2) is 9.59 Å². The molecule has 2 atom stereocenters. The third kappa shape index (κ3) is 1.95. The molecule has 2 aliphatic heterocycles. The lowest BCUT2D eigenvalue weighted by atomic mass is 9.96. The van der Waals surface area contributed by atoms with E-state index in [1.807, 2.05) is 37.3 Å². The topological polar surface area (TPSA) is 66.9 Å². The van der Waals surface area contributed by atoms with Crippen LogP contribution in [0.5, 0.6) is 0 Å². The maximum atomic E-state index is 13.2. The predicted molar refractivity (Wildman–Crippen MR) is 93.0 cm³/mol. The summed E-state index contributed by atoms with van der Waals surface area (Å²) in [6.45, 7) is 3.76. The molecule has 0 radical (unpaired) electrons. The molecular formula is C20H18N2O4. The van der Waals surface area contributed by atoms with Crippen LogP contribution in [0.1, 0.15) is 41.4 Å². The number of carbonyl (C=O) groups is 3. The van der Waals surface area contributed by atoms with Gasteiger partial charge in [-0.05, 0) is 25.5 Å². The van der Waals surface area contributed by atoms with Crippen LogP contribution in [0.4, 0.5) is 4.79 Å². The van der Waals surface area contributed by atoms with Crippen molar-refractivity contribution in [2.45, 2.75) is 25.6 Å². The van der Waals surface area contributed by atoms with Crippen molar-refractivity contribution >= 4 is 17.9 Å². The van der Waals surface area contributed by atoms with Gasteiger partial charge in [0.05, 0.1) is 11.6 Å². The lowest BCUT2D eigenvalue weighted by Gasteiger charge is -2.35. The molecule has 1 fully saturated rings. The first-order chi connectivity index (χ1) is 12.5. The van der Waals surface area contributed by atoms with E-state index in [0.29, 0.717) is 11.1 Å². The first-order valence-electron chi connectivity index (χ1n) is 8.55. The van der Waals surface area contributed by atoms with Gasteiger partial charge in [-0.3, -0.25) is 14.6 Å². The van der Waals surface area contributed by atoms with Crippen molar-refractivity contribution < 1.29 is 19.1 Å². The molecule has 1 saturated heterocycles. The number of fused-ring (bicyclic) bond motifs is 2. The SMILES string of the molecule is CCN1C(=O)N([C@H](C)c2ccccc2)[C@]2(OC(=O)c3ccccc32)C1=O. The van der Waals surface area contributed by atoms with Crippen molar-refractivity contribution in [3.63, 3.8) is 0 Å². The van der Waals surface area contributed by atoms with Crippen molar-refractivity contribution in [3.8, 4) is 0 Å². The van der Waals surface area contributed by atoms with Crippen LogP contribution < -0.4 is 0 Å². The van der Waals surface area contributed by atoms with Crippen molar-refractivity contribution in [1.29, 1.82) is 0 Å². The molecule has 0 unspecified atom stereocenters. The molecule has 0 saturated carbocycles. The Morgan fingerprint density at radius 3 is 2.35 bits per heavy atom. The standard InChI is InChI=1S/C20H18N2O4/c1-3-21-18(24)20(16-12-8-7-11-15(16)17(23)26-20)22(19(21)25)13(2)14-9-5-4-6-10-14/h4-13H,3H2,1-2H3/t13-,20-/m1/s1. The van der Waals surface area contributed by atoms with Gasteiger partial charge in [-0.1, -0.05) is 48.5 Å². The van der Waals surface area contributed by atoms with E-state index in [1.54, 1.807) is 31.2 Å². The number of hydrogen-bond acceptors (Lipinski definition) is 4. The average molecular weight is 350 g/mol. The molecule has 0 N–H and O–H groups in total. The number of amides is 3. The van der Waals surface area contributed by atoms with E-state index >= 15 is 0 Å². The van der Waals surface area contributed by atoms with Gasteiger partial charge in [0, 0.05) is 12.1 Å².